The Bertz CT molecular complexity index is 860. The molecule has 1 saturated carbocycles. The SMILES string of the molecule is CN=C(NCc1cccc(NC(=O)c2ccco2)c1)N1CCC2(CCCCC2)C1.I. The molecule has 1 aliphatic heterocycles. The van der Waals surface area contributed by atoms with E-state index in [4.69, 9.17) is 4.42 Å². The topological polar surface area (TPSA) is 69.9 Å². The van der Waals surface area contributed by atoms with E-state index in [1.807, 2.05) is 25.2 Å². The quantitative estimate of drug-likeness (QED) is 0.341. The minimum atomic E-state index is -0.245. The number of hydrogen-bond donors (Lipinski definition) is 2. The molecule has 0 atom stereocenters. The number of aliphatic imine (C=N–C) groups is 1. The lowest BCUT2D eigenvalue weighted by Gasteiger charge is -2.33. The Balaban J connectivity index is 0.00000256. The lowest BCUT2D eigenvalue weighted by molar-refractivity contribution is 0.0996. The average Bonchev–Trinajstić information content (AvgIpc) is 3.41. The number of nitrogens with zero attached hydrogens (tertiary/aromatic N) is 2. The van der Waals surface area contributed by atoms with E-state index in [1.165, 1.54) is 44.8 Å². The van der Waals surface area contributed by atoms with Crippen LogP contribution in [-0.4, -0.2) is 36.9 Å². The van der Waals surface area contributed by atoms with Crippen LogP contribution in [0, 0.1) is 5.41 Å². The standard InChI is InChI=1S/C23H30N4O2.HI/c1-24-22(27-13-12-23(17-27)10-3-2-4-11-23)25-16-18-7-5-8-19(15-18)26-21(28)20-9-6-14-29-20;/h5-9,14-15H,2-4,10-13,16-17H2,1H3,(H,24,25)(H,26,28);1H. The maximum Gasteiger partial charge on any atom is 0.291 e. The van der Waals surface area contributed by atoms with Crippen LogP contribution in [0.4, 0.5) is 5.69 Å². The third kappa shape index (κ3) is 5.36. The van der Waals surface area contributed by atoms with Crippen molar-refractivity contribution in [3.8, 4) is 0 Å². The smallest absolute Gasteiger partial charge is 0.291 e. The molecule has 1 amide bonds. The van der Waals surface area contributed by atoms with Gasteiger partial charge >= 0.3 is 0 Å². The van der Waals surface area contributed by atoms with Crippen LogP contribution in [0.3, 0.4) is 0 Å². The van der Waals surface area contributed by atoms with Gasteiger partial charge in [-0.25, -0.2) is 0 Å². The number of furan rings is 1. The maximum atomic E-state index is 12.2. The van der Waals surface area contributed by atoms with Gasteiger partial charge in [0.05, 0.1) is 6.26 Å². The van der Waals surface area contributed by atoms with Crippen LogP contribution < -0.4 is 10.6 Å². The predicted octanol–water partition coefficient (Wildman–Crippen LogP) is 4.88. The molecule has 30 heavy (non-hydrogen) atoms. The fourth-order valence-electron chi connectivity index (χ4n) is 4.70. The van der Waals surface area contributed by atoms with Crippen molar-refractivity contribution in [3.05, 3.63) is 54.0 Å². The van der Waals surface area contributed by atoms with Gasteiger partial charge in [0.15, 0.2) is 11.7 Å². The number of carbonyl (C=O) groups excluding carboxylic acids is 1. The molecule has 1 aliphatic carbocycles. The second-order valence-electron chi connectivity index (χ2n) is 8.26. The van der Waals surface area contributed by atoms with Gasteiger partial charge in [-0.05, 0) is 54.5 Å². The first-order valence-electron chi connectivity index (χ1n) is 10.6. The van der Waals surface area contributed by atoms with E-state index in [9.17, 15) is 4.79 Å². The first-order chi connectivity index (χ1) is 14.2. The molecule has 2 fully saturated rings. The second-order valence-corrected chi connectivity index (χ2v) is 8.26. The highest BCUT2D eigenvalue weighted by atomic mass is 127. The number of anilines is 1. The zero-order valence-electron chi connectivity index (χ0n) is 17.5. The number of nitrogens with one attached hydrogen (secondary N) is 2. The van der Waals surface area contributed by atoms with Crippen LogP contribution in [0.2, 0.25) is 0 Å². The van der Waals surface area contributed by atoms with Gasteiger partial charge in [0.1, 0.15) is 0 Å². The second kappa shape index (κ2) is 10.3. The highest BCUT2D eigenvalue weighted by Gasteiger charge is 2.39. The molecule has 1 spiro atoms. The Hall–Kier alpha value is -2.03. The van der Waals surface area contributed by atoms with Crippen LogP contribution in [0.15, 0.2) is 52.1 Å². The summed E-state index contributed by atoms with van der Waals surface area (Å²) in [5, 5.41) is 6.38. The van der Waals surface area contributed by atoms with Gasteiger partial charge in [-0.15, -0.1) is 24.0 Å². The van der Waals surface area contributed by atoms with Crippen LogP contribution >= 0.6 is 24.0 Å². The van der Waals surface area contributed by atoms with Crippen molar-refractivity contribution in [3.63, 3.8) is 0 Å². The van der Waals surface area contributed by atoms with Gasteiger partial charge in [-0.1, -0.05) is 31.4 Å². The Morgan fingerprint density at radius 3 is 2.73 bits per heavy atom. The minimum Gasteiger partial charge on any atom is -0.459 e. The van der Waals surface area contributed by atoms with E-state index in [0.29, 0.717) is 17.7 Å². The minimum absolute atomic E-state index is 0. The van der Waals surface area contributed by atoms with E-state index >= 15 is 0 Å². The molecule has 7 heteroatoms. The number of likely N-dealkylation sites (tertiary alicyclic amines) is 1. The van der Waals surface area contributed by atoms with Crippen LogP contribution in [-0.2, 0) is 6.54 Å². The number of guanidine groups is 1. The fourth-order valence-corrected chi connectivity index (χ4v) is 4.70. The molecule has 4 rings (SSSR count). The molecular weight excluding hydrogens is 491 g/mol. The number of halogens is 1. The molecule has 6 nitrogen and oxygen atoms in total. The van der Waals surface area contributed by atoms with Gasteiger partial charge in [0.25, 0.3) is 5.91 Å². The van der Waals surface area contributed by atoms with Gasteiger partial charge in [0, 0.05) is 32.4 Å². The molecular formula is C23H31IN4O2. The zero-order chi connectivity index (χ0) is 20.1. The lowest BCUT2D eigenvalue weighted by atomic mass is 9.73. The van der Waals surface area contributed by atoms with E-state index in [1.54, 1.807) is 12.1 Å². The van der Waals surface area contributed by atoms with Crippen molar-refractivity contribution >= 4 is 41.5 Å². The van der Waals surface area contributed by atoms with Crippen molar-refractivity contribution in [1.82, 2.24) is 10.2 Å². The van der Waals surface area contributed by atoms with Crippen LogP contribution in [0.25, 0.3) is 0 Å². The Kier molecular flexibility index (Phi) is 7.80. The summed E-state index contributed by atoms with van der Waals surface area (Å²) in [5.74, 6) is 1.03. The summed E-state index contributed by atoms with van der Waals surface area (Å²) in [4.78, 5) is 19.1. The molecule has 0 unspecified atom stereocenters. The lowest BCUT2D eigenvalue weighted by Crippen LogP contribution is -2.41. The van der Waals surface area contributed by atoms with Gasteiger partial charge in [-0.3, -0.25) is 9.79 Å². The zero-order valence-corrected chi connectivity index (χ0v) is 19.9. The summed E-state index contributed by atoms with van der Waals surface area (Å²) in [6.45, 7) is 2.87. The predicted molar refractivity (Wildman–Crippen MR) is 130 cm³/mol. The van der Waals surface area contributed by atoms with Crippen LogP contribution in [0.5, 0.6) is 0 Å². The third-order valence-corrected chi connectivity index (χ3v) is 6.24. The van der Waals surface area contributed by atoms with Crippen molar-refractivity contribution in [2.75, 3.05) is 25.5 Å². The fraction of sp³-hybridized carbons (Fsp3) is 0.478. The van der Waals surface area contributed by atoms with E-state index in [-0.39, 0.29) is 29.9 Å². The number of benzene rings is 1. The Labute approximate surface area is 195 Å². The van der Waals surface area contributed by atoms with Gasteiger partial charge < -0.3 is 20.0 Å². The van der Waals surface area contributed by atoms with Crippen LogP contribution in [0.1, 0.15) is 54.6 Å². The van der Waals surface area contributed by atoms with Gasteiger partial charge in [-0.2, -0.15) is 0 Å². The molecule has 2 aliphatic rings. The molecule has 162 valence electrons. The van der Waals surface area contributed by atoms with Crippen molar-refractivity contribution in [2.24, 2.45) is 10.4 Å². The average molecular weight is 522 g/mol. The summed E-state index contributed by atoms with van der Waals surface area (Å²) in [7, 11) is 1.86. The molecule has 1 aromatic heterocycles. The first-order valence-corrected chi connectivity index (χ1v) is 10.6. The largest absolute Gasteiger partial charge is 0.459 e. The summed E-state index contributed by atoms with van der Waals surface area (Å²) < 4.78 is 5.15. The number of hydrogen-bond acceptors (Lipinski definition) is 3. The molecule has 1 aromatic carbocycles. The van der Waals surface area contributed by atoms with Gasteiger partial charge in [0.2, 0.25) is 0 Å². The van der Waals surface area contributed by atoms with E-state index < -0.39 is 0 Å². The molecule has 2 heterocycles. The Morgan fingerprint density at radius 2 is 2.00 bits per heavy atom. The summed E-state index contributed by atoms with van der Waals surface area (Å²) in [6, 6.07) is 11.2. The molecule has 0 radical (unpaired) electrons. The highest BCUT2D eigenvalue weighted by molar-refractivity contribution is 14.0. The summed E-state index contributed by atoms with van der Waals surface area (Å²) in [5.41, 5.74) is 2.35. The van der Waals surface area contributed by atoms with E-state index in [2.05, 4.69) is 26.6 Å². The maximum absolute atomic E-state index is 12.2. The normalized spacial score (nSPS) is 18.2. The first kappa shape index (κ1) is 22.7. The Morgan fingerprint density at radius 1 is 1.17 bits per heavy atom. The number of amides is 1. The molecule has 2 aromatic rings. The number of rotatable bonds is 4. The highest BCUT2D eigenvalue weighted by Crippen LogP contribution is 2.43. The number of carbonyl (C=O) groups is 1. The summed E-state index contributed by atoms with van der Waals surface area (Å²) in [6.07, 6.45) is 9.63. The molecule has 2 N–H and O–H groups in total. The van der Waals surface area contributed by atoms with Crippen molar-refractivity contribution in [2.45, 2.75) is 45.1 Å². The monoisotopic (exact) mass is 522 g/mol. The summed E-state index contributed by atoms with van der Waals surface area (Å²) >= 11 is 0. The van der Waals surface area contributed by atoms with E-state index in [0.717, 1.165) is 30.3 Å². The molecule has 0 bridgehead atoms. The third-order valence-electron chi connectivity index (χ3n) is 6.24. The van der Waals surface area contributed by atoms with Crippen molar-refractivity contribution < 1.29 is 9.21 Å². The van der Waals surface area contributed by atoms with Crippen molar-refractivity contribution in [1.29, 1.82) is 0 Å². The molecule has 1 saturated heterocycles.